The normalized spacial score (nSPS) is 18.7. The quantitative estimate of drug-likeness (QED) is 0.0849. The second kappa shape index (κ2) is 78.0. The van der Waals surface area contributed by atoms with Crippen molar-refractivity contribution in [1.82, 2.24) is 79.0 Å². The standard InChI is InChI=1S/C9H20N2.C9H19NO.C9H19N.C9H18O.C8H18N2.C8H17NO.2C8H11N.C8H17N.C8H11N.C8H16O.2C7H12N2.C7H15NO/c1-8(2)10-9-4-6-11(3)7-5-9;1-8(2)11-9-4-6-10(3)7-5-9;1-8(2)9-4-6-10(3)7-5-9;1-8(2)10-9-6-4-3-5-7-9;1-8(2)10-6-4-9(3)5-7-10;1-7(2)9-8-3-5-10-6-4-8;1-7(2)8-3-5-9-6-4-8;1-7(2)8-4-3-5-9-6-8;1-8(2)9-6-4-3-5-7-9;1-7(2)8-5-3-4-6-9-8;1-7(2)8-3-5-9-6-4-8;1-6(2)7-4-8-5-9(7)3;1-6(2)7-8-4-5-9(7)3;1-7(2)8-3-5-9-6-4-8/h8-10H,4-7H2,1-3H3;8-9H,4-7H2,1-3H3;8-9H,4-7H2,1-3H3;8-9H,3-7H2,1-2H3;8H,4-7H2,1-3H3;7-9H,3-6H2,1-2H3;2*3-7H,1-2H3;8H,3-7H2,1-2H3;3-7H,1-2H3;7-8H,3-6H2,1-2H3;2*4-6H,1-3H3;7H,3-6H2,1-2H3. The van der Waals surface area contributed by atoms with Crippen molar-refractivity contribution in [1.29, 1.82) is 0 Å². The van der Waals surface area contributed by atoms with Crippen molar-refractivity contribution in [2.24, 2.45) is 37.8 Å². The van der Waals surface area contributed by atoms with Gasteiger partial charge in [0.05, 0.1) is 44.0 Å². The average molecular weight is 1880 g/mol. The molecular weight excluding hydrogens is 1660 g/mol. The SMILES string of the molecule is CC(C)C1CCN(C)CC1.CC(C)C1CCOCC1.CC(C)N1CCCCC1.CC(C)N1CCN(C)CC1.CC(C)N1CCOCC1.CC(C)NC1CCN(C)CC1.CC(C)NC1CCOCC1.CC(C)OC1CCCCC1.CC(C)OC1CCN(C)CC1.CC(C)c1ccccn1.CC(C)c1cccnc1.CC(C)c1ccncc1.CC(C)c1cncn1C.CC(C)c1nccn1C. The Hall–Kier alpha value is -4.69. The Morgan fingerprint density at radius 1 is 0.321 bits per heavy atom. The lowest BCUT2D eigenvalue weighted by Crippen LogP contribution is -2.47. The first-order chi connectivity index (χ1) is 63.6. The van der Waals surface area contributed by atoms with Crippen LogP contribution in [0.15, 0.2) is 98.4 Å². The number of pyridine rings is 3. The lowest BCUT2D eigenvalue weighted by atomic mass is 9.87. The molecule has 2 N–H and O–H groups in total. The molecule has 1 saturated carbocycles. The molecule has 0 aromatic carbocycles. The van der Waals surface area contributed by atoms with Gasteiger partial charge >= 0.3 is 0 Å². The van der Waals surface area contributed by atoms with E-state index in [1.807, 2.05) is 109 Å². The highest BCUT2D eigenvalue weighted by molar-refractivity contribution is 5.14. The van der Waals surface area contributed by atoms with E-state index in [9.17, 15) is 0 Å². The van der Waals surface area contributed by atoms with Gasteiger partial charge in [-0.15, -0.1) is 0 Å². The zero-order chi connectivity index (χ0) is 100. The molecule has 13 heterocycles. The first kappa shape index (κ1) is 127. The minimum absolute atomic E-state index is 0.392. The van der Waals surface area contributed by atoms with Gasteiger partial charge in [0.1, 0.15) is 5.82 Å². The van der Waals surface area contributed by atoms with Crippen LogP contribution < -0.4 is 10.6 Å². The summed E-state index contributed by atoms with van der Waals surface area (Å²) in [5.74, 6) is 7.70. The highest BCUT2D eigenvalue weighted by Gasteiger charge is 2.23. The van der Waals surface area contributed by atoms with E-state index in [0.717, 1.165) is 106 Å². The number of imidazole rings is 2. The van der Waals surface area contributed by atoms with Gasteiger partial charge in [0.15, 0.2) is 0 Å². The zero-order valence-electron chi connectivity index (χ0n) is 93.5. The van der Waals surface area contributed by atoms with Gasteiger partial charge in [0.2, 0.25) is 0 Å². The maximum atomic E-state index is 5.71. The Kier molecular flexibility index (Phi) is 74.1. The first-order valence-corrected chi connectivity index (χ1v) is 53.8. The third-order valence-corrected chi connectivity index (χ3v) is 26.1. The second-order valence-electron chi connectivity index (χ2n) is 43.1. The summed E-state index contributed by atoms with van der Waals surface area (Å²) in [4.78, 5) is 37.4. The van der Waals surface area contributed by atoms with Crippen LogP contribution in [0.2, 0.25) is 0 Å². The molecule has 1 aliphatic carbocycles. The smallest absolute Gasteiger partial charge is 0.110 e. The number of aromatic nitrogens is 7. The maximum absolute atomic E-state index is 5.71. The van der Waals surface area contributed by atoms with Crippen LogP contribution in [0.4, 0.5) is 0 Å². The highest BCUT2D eigenvalue weighted by Crippen LogP contribution is 2.26. The number of aryl methyl sites for hydroxylation is 2. The van der Waals surface area contributed by atoms with Gasteiger partial charge in [-0.3, -0.25) is 24.8 Å². The van der Waals surface area contributed by atoms with Crippen LogP contribution >= 0.6 is 0 Å². The molecule has 0 amide bonds. The molecular formula is C113H216N16O5. The number of ether oxygens (including phenoxy) is 5. The summed E-state index contributed by atoms with van der Waals surface area (Å²) in [7, 11) is 12.8. The number of piperidine rings is 4. The zero-order valence-corrected chi connectivity index (χ0v) is 93.5. The average Bonchev–Trinajstić information content (AvgIpc) is 1.76. The van der Waals surface area contributed by atoms with Crippen LogP contribution in [0.5, 0.6) is 0 Å². The molecule has 778 valence electrons. The molecule has 0 spiro atoms. The van der Waals surface area contributed by atoms with E-state index in [1.165, 1.54) is 211 Å². The summed E-state index contributed by atoms with van der Waals surface area (Å²) in [6.07, 6.45) is 42.4. The molecule has 0 bridgehead atoms. The van der Waals surface area contributed by atoms with Gasteiger partial charge in [-0.1, -0.05) is 162 Å². The van der Waals surface area contributed by atoms with Crippen LogP contribution in [0, 0.1) is 23.7 Å². The number of morpholine rings is 1. The number of likely N-dealkylation sites (tertiary alicyclic amines) is 4. The van der Waals surface area contributed by atoms with Crippen LogP contribution in [-0.2, 0) is 37.8 Å². The molecule has 9 fully saturated rings. The number of piperazine rings is 1. The van der Waals surface area contributed by atoms with E-state index < -0.39 is 0 Å². The van der Waals surface area contributed by atoms with Crippen LogP contribution in [0.1, 0.15) is 367 Å². The molecule has 5 aromatic rings. The third-order valence-electron chi connectivity index (χ3n) is 26.1. The van der Waals surface area contributed by atoms with E-state index in [2.05, 4.69) is 298 Å². The Morgan fingerprint density at radius 2 is 0.754 bits per heavy atom. The third kappa shape index (κ3) is 66.1. The molecule has 134 heavy (non-hydrogen) atoms. The Morgan fingerprint density at radius 3 is 1.09 bits per heavy atom. The van der Waals surface area contributed by atoms with E-state index in [-0.39, 0.29) is 0 Å². The van der Waals surface area contributed by atoms with Gasteiger partial charge in [0, 0.05) is 202 Å². The molecule has 8 saturated heterocycles. The van der Waals surface area contributed by atoms with Crippen molar-refractivity contribution in [3.63, 3.8) is 0 Å². The largest absolute Gasteiger partial charge is 0.381 e. The molecule has 0 radical (unpaired) electrons. The minimum Gasteiger partial charge on any atom is -0.381 e. The molecule has 9 aliphatic rings. The van der Waals surface area contributed by atoms with Crippen molar-refractivity contribution < 1.29 is 23.7 Å². The molecule has 8 aliphatic heterocycles. The Labute approximate surface area is 827 Å². The number of nitrogens with zero attached hydrogens (tertiary/aromatic N) is 14. The van der Waals surface area contributed by atoms with Gasteiger partial charge in [-0.2, -0.15) is 0 Å². The minimum atomic E-state index is 0.392. The molecule has 5 aromatic heterocycles. The van der Waals surface area contributed by atoms with Gasteiger partial charge in [-0.25, -0.2) is 9.97 Å². The topological polar surface area (TPSA) is 167 Å². The Bertz CT molecular complexity index is 3050. The van der Waals surface area contributed by atoms with Crippen LogP contribution in [-0.4, -0.2) is 295 Å². The van der Waals surface area contributed by atoms with E-state index in [1.54, 1.807) is 6.20 Å². The summed E-state index contributed by atoms with van der Waals surface area (Å²) in [6.45, 7) is 84.7. The van der Waals surface area contributed by atoms with Crippen molar-refractivity contribution in [3.05, 3.63) is 127 Å². The van der Waals surface area contributed by atoms with Gasteiger partial charge < -0.3 is 68.0 Å². The Balaban J connectivity index is 0.000000722. The lowest BCUT2D eigenvalue weighted by molar-refractivity contribution is -0.0232. The fourth-order valence-electron chi connectivity index (χ4n) is 17.1. The molecule has 0 unspecified atom stereocenters. The summed E-state index contributed by atoms with van der Waals surface area (Å²) < 4.78 is 31.2. The first-order valence-electron chi connectivity index (χ1n) is 53.8. The molecule has 14 rings (SSSR count). The monoisotopic (exact) mass is 1880 g/mol. The lowest BCUT2D eigenvalue weighted by Gasteiger charge is -2.34. The number of rotatable bonds is 18. The predicted molar refractivity (Wildman–Crippen MR) is 576 cm³/mol. The van der Waals surface area contributed by atoms with Crippen LogP contribution in [0.3, 0.4) is 0 Å². The summed E-state index contributed by atoms with van der Waals surface area (Å²) >= 11 is 0. The molecule has 21 heteroatoms. The fraction of sp³-hybridized carbons (Fsp3) is 0.814. The highest BCUT2D eigenvalue weighted by atomic mass is 16.5. The number of nitrogens with one attached hydrogen (secondary N) is 2. The maximum Gasteiger partial charge on any atom is 0.110 e. The summed E-state index contributed by atoms with van der Waals surface area (Å²) in [6, 6.07) is 19.1. The van der Waals surface area contributed by atoms with Crippen LogP contribution in [0.25, 0.3) is 0 Å². The fourth-order valence-corrected chi connectivity index (χ4v) is 17.1. The second-order valence-corrected chi connectivity index (χ2v) is 43.1. The summed E-state index contributed by atoms with van der Waals surface area (Å²) in [5.41, 5.74) is 5.11. The van der Waals surface area contributed by atoms with Gasteiger partial charge in [-0.05, 0) is 315 Å². The predicted octanol–water partition coefficient (Wildman–Crippen LogP) is 23.5. The van der Waals surface area contributed by atoms with Crippen molar-refractivity contribution >= 4 is 0 Å². The van der Waals surface area contributed by atoms with Crippen molar-refractivity contribution in [2.75, 3.05) is 159 Å². The van der Waals surface area contributed by atoms with E-state index >= 15 is 0 Å². The number of hydrogen-bond donors (Lipinski definition) is 2. The molecule has 0 atom stereocenters. The van der Waals surface area contributed by atoms with Crippen molar-refractivity contribution in [2.45, 2.75) is 406 Å². The van der Waals surface area contributed by atoms with E-state index in [4.69, 9.17) is 23.7 Å². The molecule has 21 nitrogen and oxygen atoms in total. The van der Waals surface area contributed by atoms with E-state index in [0.29, 0.717) is 78.2 Å². The van der Waals surface area contributed by atoms with Crippen molar-refractivity contribution in [3.8, 4) is 0 Å². The number of likely N-dealkylation sites (N-methyl/N-ethyl adjacent to an activating group) is 1. The van der Waals surface area contributed by atoms with Gasteiger partial charge in [0.25, 0.3) is 0 Å². The number of hydrogen-bond acceptors (Lipinski definition) is 19. The summed E-state index contributed by atoms with van der Waals surface area (Å²) in [5, 5.41) is 7.08.